The molecule has 0 unspecified atom stereocenters. The number of nitrogens with one attached hydrogen (secondary N) is 1. The van der Waals surface area contributed by atoms with Crippen LogP contribution in [-0.2, 0) is 14.3 Å². The molecule has 0 radical (unpaired) electrons. The first kappa shape index (κ1) is 22.0. The number of esters is 1. The maximum Gasteiger partial charge on any atom is 0.337 e. The molecule has 160 valence electrons. The van der Waals surface area contributed by atoms with E-state index in [1.807, 2.05) is 12.1 Å². The van der Waals surface area contributed by atoms with E-state index in [9.17, 15) is 14.7 Å². The third kappa shape index (κ3) is 6.40. The zero-order valence-corrected chi connectivity index (χ0v) is 17.0. The van der Waals surface area contributed by atoms with Crippen molar-refractivity contribution in [2.24, 2.45) is 5.92 Å². The van der Waals surface area contributed by atoms with Crippen LogP contribution in [-0.4, -0.2) is 42.9 Å². The second-order valence-corrected chi connectivity index (χ2v) is 7.59. The minimum atomic E-state index is -1.49. The Kier molecular flexibility index (Phi) is 8.41. The SMILES string of the molecule is O=C(N[C@@H](c1ccccc1)[C@@H](O)C(=O)OCCCCCC1COC1)c1ccccc1. The van der Waals surface area contributed by atoms with Crippen molar-refractivity contribution >= 4 is 11.9 Å². The molecule has 0 spiro atoms. The Morgan fingerprint density at radius 2 is 1.67 bits per heavy atom. The molecule has 1 saturated heterocycles. The van der Waals surface area contributed by atoms with Gasteiger partial charge in [-0.15, -0.1) is 0 Å². The molecule has 2 aromatic rings. The number of carbonyl (C=O) groups is 2. The van der Waals surface area contributed by atoms with Gasteiger partial charge in [0.25, 0.3) is 5.91 Å². The lowest BCUT2D eigenvalue weighted by Crippen LogP contribution is -2.41. The molecule has 0 aliphatic carbocycles. The lowest BCUT2D eigenvalue weighted by atomic mass is 10.00. The third-order valence-corrected chi connectivity index (χ3v) is 5.25. The van der Waals surface area contributed by atoms with Gasteiger partial charge >= 0.3 is 5.97 Å². The lowest BCUT2D eigenvalue weighted by molar-refractivity contribution is -0.155. The van der Waals surface area contributed by atoms with Crippen molar-refractivity contribution in [1.82, 2.24) is 5.32 Å². The molecule has 0 bridgehead atoms. The summed E-state index contributed by atoms with van der Waals surface area (Å²) in [7, 11) is 0. The Balaban J connectivity index is 1.52. The zero-order valence-electron chi connectivity index (χ0n) is 17.0. The number of aliphatic hydroxyl groups is 1. The van der Waals surface area contributed by atoms with Gasteiger partial charge in [0.1, 0.15) is 0 Å². The van der Waals surface area contributed by atoms with Crippen LogP contribution in [0.25, 0.3) is 0 Å². The fourth-order valence-electron chi connectivity index (χ4n) is 3.38. The zero-order chi connectivity index (χ0) is 21.2. The molecule has 1 heterocycles. The highest BCUT2D eigenvalue weighted by Gasteiger charge is 2.30. The highest BCUT2D eigenvalue weighted by atomic mass is 16.5. The molecule has 0 saturated carbocycles. The topological polar surface area (TPSA) is 84.9 Å². The Labute approximate surface area is 177 Å². The number of carbonyl (C=O) groups excluding carboxylic acids is 2. The Morgan fingerprint density at radius 3 is 2.30 bits per heavy atom. The van der Waals surface area contributed by atoms with E-state index in [1.54, 1.807) is 48.5 Å². The maximum absolute atomic E-state index is 12.6. The second-order valence-electron chi connectivity index (χ2n) is 7.59. The van der Waals surface area contributed by atoms with Gasteiger partial charge in [0.2, 0.25) is 0 Å². The van der Waals surface area contributed by atoms with Gasteiger partial charge in [0.15, 0.2) is 6.10 Å². The van der Waals surface area contributed by atoms with E-state index in [1.165, 1.54) is 0 Å². The van der Waals surface area contributed by atoms with Crippen molar-refractivity contribution in [3.8, 4) is 0 Å². The van der Waals surface area contributed by atoms with E-state index in [2.05, 4.69) is 5.32 Å². The Hall–Kier alpha value is -2.70. The van der Waals surface area contributed by atoms with Gasteiger partial charge in [-0.05, 0) is 30.5 Å². The van der Waals surface area contributed by atoms with Crippen molar-refractivity contribution < 1.29 is 24.2 Å². The summed E-state index contributed by atoms with van der Waals surface area (Å²) in [6.07, 6.45) is 2.43. The molecule has 2 aromatic carbocycles. The molecule has 30 heavy (non-hydrogen) atoms. The van der Waals surface area contributed by atoms with E-state index >= 15 is 0 Å². The van der Waals surface area contributed by atoms with Gasteiger partial charge in [-0.2, -0.15) is 0 Å². The summed E-state index contributed by atoms with van der Waals surface area (Å²) in [5.74, 6) is -0.421. The largest absolute Gasteiger partial charge is 0.464 e. The van der Waals surface area contributed by atoms with Crippen LogP contribution in [0.2, 0.25) is 0 Å². The third-order valence-electron chi connectivity index (χ3n) is 5.25. The summed E-state index contributed by atoms with van der Waals surface area (Å²) in [4.78, 5) is 25.0. The predicted molar refractivity (Wildman–Crippen MR) is 113 cm³/mol. The number of aliphatic hydroxyl groups excluding tert-OH is 1. The monoisotopic (exact) mass is 411 g/mol. The van der Waals surface area contributed by atoms with Crippen molar-refractivity contribution in [1.29, 1.82) is 0 Å². The van der Waals surface area contributed by atoms with Gasteiger partial charge in [-0.3, -0.25) is 4.79 Å². The fraction of sp³-hybridized carbons (Fsp3) is 0.417. The summed E-state index contributed by atoms with van der Waals surface area (Å²) in [6.45, 7) is 1.97. The number of ether oxygens (including phenoxy) is 2. The van der Waals surface area contributed by atoms with Crippen LogP contribution in [0.3, 0.4) is 0 Å². The van der Waals surface area contributed by atoms with Crippen molar-refractivity contribution in [3.05, 3.63) is 71.8 Å². The highest BCUT2D eigenvalue weighted by Crippen LogP contribution is 2.20. The summed E-state index contributed by atoms with van der Waals surface area (Å²) < 4.78 is 10.4. The molecular weight excluding hydrogens is 382 g/mol. The van der Waals surface area contributed by atoms with Crippen molar-refractivity contribution in [2.45, 2.75) is 37.8 Å². The molecule has 1 aliphatic heterocycles. The summed E-state index contributed by atoms with van der Waals surface area (Å²) >= 11 is 0. The number of hydrogen-bond acceptors (Lipinski definition) is 5. The van der Waals surface area contributed by atoms with Crippen LogP contribution in [0.15, 0.2) is 60.7 Å². The number of benzene rings is 2. The van der Waals surface area contributed by atoms with Gasteiger partial charge in [0, 0.05) is 11.5 Å². The molecule has 6 heteroatoms. The molecule has 1 fully saturated rings. The predicted octanol–water partition coefficient (Wildman–Crippen LogP) is 3.27. The van der Waals surface area contributed by atoms with Crippen LogP contribution >= 0.6 is 0 Å². The summed E-state index contributed by atoms with van der Waals surface area (Å²) in [6, 6.07) is 16.7. The van der Waals surface area contributed by atoms with Crippen LogP contribution in [0.4, 0.5) is 0 Å². The van der Waals surface area contributed by atoms with Crippen LogP contribution in [0.5, 0.6) is 0 Å². The molecular formula is C24H29NO5. The summed E-state index contributed by atoms with van der Waals surface area (Å²) in [5.41, 5.74) is 1.09. The van der Waals surface area contributed by atoms with Crippen molar-refractivity contribution in [2.75, 3.05) is 19.8 Å². The van der Waals surface area contributed by atoms with Crippen molar-refractivity contribution in [3.63, 3.8) is 0 Å². The van der Waals surface area contributed by atoms with Gasteiger partial charge in [0.05, 0.1) is 25.9 Å². The Bertz CT molecular complexity index is 792. The number of hydrogen-bond donors (Lipinski definition) is 2. The fourth-order valence-corrected chi connectivity index (χ4v) is 3.38. The average molecular weight is 411 g/mol. The first-order chi connectivity index (χ1) is 14.6. The minimum Gasteiger partial charge on any atom is -0.464 e. The van der Waals surface area contributed by atoms with Crippen LogP contribution < -0.4 is 5.32 Å². The van der Waals surface area contributed by atoms with Gasteiger partial charge in [-0.1, -0.05) is 61.4 Å². The average Bonchev–Trinajstić information content (AvgIpc) is 2.76. The highest BCUT2D eigenvalue weighted by molar-refractivity contribution is 5.94. The molecule has 2 N–H and O–H groups in total. The normalized spacial score (nSPS) is 15.6. The minimum absolute atomic E-state index is 0.255. The van der Waals surface area contributed by atoms with Gasteiger partial charge < -0.3 is 19.9 Å². The first-order valence-corrected chi connectivity index (χ1v) is 10.5. The van der Waals surface area contributed by atoms with E-state index in [0.29, 0.717) is 17.0 Å². The molecule has 1 amide bonds. The molecule has 6 nitrogen and oxygen atoms in total. The van der Waals surface area contributed by atoms with Crippen LogP contribution in [0, 0.1) is 5.92 Å². The summed E-state index contributed by atoms with van der Waals surface area (Å²) in [5, 5.41) is 13.4. The number of unbranched alkanes of at least 4 members (excludes halogenated alkanes) is 2. The van der Waals surface area contributed by atoms with E-state index < -0.39 is 18.1 Å². The molecule has 0 aromatic heterocycles. The lowest BCUT2D eigenvalue weighted by Gasteiger charge is -2.25. The van der Waals surface area contributed by atoms with E-state index in [4.69, 9.17) is 9.47 Å². The molecule has 1 aliphatic rings. The Morgan fingerprint density at radius 1 is 1.00 bits per heavy atom. The number of amides is 1. The van der Waals surface area contributed by atoms with Gasteiger partial charge in [-0.25, -0.2) is 4.79 Å². The maximum atomic E-state index is 12.6. The number of rotatable bonds is 11. The smallest absolute Gasteiger partial charge is 0.337 e. The second kappa shape index (κ2) is 11.5. The molecule has 3 rings (SSSR count). The first-order valence-electron chi connectivity index (χ1n) is 10.5. The quantitative estimate of drug-likeness (QED) is 0.438. The van der Waals surface area contributed by atoms with E-state index in [0.717, 1.165) is 38.9 Å². The standard InChI is InChI=1S/C24H29NO5/c26-22(24(28)30-15-9-3-4-10-18-16-29-17-18)21(19-11-5-1-6-12-19)25-23(27)20-13-7-2-8-14-20/h1-2,5-8,11-14,18,21-22,26H,3-4,9-10,15-17H2,(H,25,27)/t21-,22+/m0/s1. The van der Waals surface area contributed by atoms with E-state index in [-0.39, 0.29) is 12.5 Å². The molecule has 2 atom stereocenters. The van der Waals surface area contributed by atoms with Crippen LogP contribution in [0.1, 0.15) is 47.6 Å².